The second-order valence-corrected chi connectivity index (χ2v) is 4.18. The average molecular weight is 241 g/mol. The molecule has 1 aromatic heterocycles. The molecule has 0 aliphatic rings. The predicted octanol–water partition coefficient (Wildman–Crippen LogP) is 2.25. The van der Waals surface area contributed by atoms with Crippen molar-refractivity contribution in [1.82, 2.24) is 4.98 Å². The molecule has 0 unspecified atom stereocenters. The maximum Gasteiger partial charge on any atom is 0.259 e. The van der Waals surface area contributed by atoms with E-state index in [1.54, 1.807) is 37.5 Å². The minimum absolute atomic E-state index is 0.104. The zero-order valence-corrected chi connectivity index (χ0v) is 10.4. The first-order valence-electron chi connectivity index (χ1n) is 5.64. The summed E-state index contributed by atoms with van der Waals surface area (Å²) in [4.78, 5) is 17.8. The maximum atomic E-state index is 12.2. The lowest BCUT2D eigenvalue weighted by molar-refractivity contribution is 0.0992. The lowest BCUT2D eigenvalue weighted by atomic mass is 10.1. The highest BCUT2D eigenvalue weighted by molar-refractivity contribution is 6.05. The molecule has 0 bridgehead atoms. The second kappa shape index (κ2) is 4.87. The molecular formula is C14H15N3O. The summed E-state index contributed by atoms with van der Waals surface area (Å²) in [6.45, 7) is 1.98. The molecule has 2 aromatic rings. The van der Waals surface area contributed by atoms with Crippen LogP contribution in [-0.4, -0.2) is 17.9 Å². The van der Waals surface area contributed by atoms with Gasteiger partial charge in [-0.2, -0.15) is 0 Å². The van der Waals surface area contributed by atoms with E-state index in [9.17, 15) is 4.79 Å². The van der Waals surface area contributed by atoms with Gasteiger partial charge in [-0.3, -0.25) is 9.69 Å². The molecule has 0 fully saturated rings. The van der Waals surface area contributed by atoms with Gasteiger partial charge in [0, 0.05) is 30.6 Å². The van der Waals surface area contributed by atoms with Crippen LogP contribution in [0, 0.1) is 6.92 Å². The van der Waals surface area contributed by atoms with E-state index < -0.39 is 0 Å². The number of nitrogens with two attached hydrogens (primary N) is 1. The summed E-state index contributed by atoms with van der Waals surface area (Å²) < 4.78 is 0. The van der Waals surface area contributed by atoms with Crippen LogP contribution in [0.4, 0.5) is 11.5 Å². The largest absolute Gasteiger partial charge is 0.399 e. The zero-order valence-electron chi connectivity index (χ0n) is 10.4. The lowest BCUT2D eigenvalue weighted by Gasteiger charge is -2.16. The van der Waals surface area contributed by atoms with E-state index in [0.717, 1.165) is 5.56 Å². The van der Waals surface area contributed by atoms with Crippen molar-refractivity contribution in [2.45, 2.75) is 6.92 Å². The molecule has 2 N–H and O–H groups in total. The second-order valence-electron chi connectivity index (χ2n) is 4.18. The van der Waals surface area contributed by atoms with Gasteiger partial charge in [-0.25, -0.2) is 4.98 Å². The summed E-state index contributed by atoms with van der Waals surface area (Å²) in [6, 6.07) is 10.8. The van der Waals surface area contributed by atoms with Gasteiger partial charge in [0.25, 0.3) is 5.91 Å². The lowest BCUT2D eigenvalue weighted by Crippen LogP contribution is -2.27. The summed E-state index contributed by atoms with van der Waals surface area (Å²) in [6.07, 6.45) is 1.59. The number of benzene rings is 1. The molecule has 2 rings (SSSR count). The Morgan fingerprint density at radius 1 is 1.22 bits per heavy atom. The number of nitrogens with zero attached hydrogens (tertiary/aromatic N) is 2. The van der Waals surface area contributed by atoms with E-state index >= 15 is 0 Å². The topological polar surface area (TPSA) is 59.2 Å². The van der Waals surface area contributed by atoms with Crippen LogP contribution in [0.1, 0.15) is 15.9 Å². The molecule has 1 amide bonds. The van der Waals surface area contributed by atoms with Crippen molar-refractivity contribution in [2.75, 3.05) is 17.7 Å². The Hall–Kier alpha value is -2.36. The molecule has 0 saturated carbocycles. The van der Waals surface area contributed by atoms with Gasteiger partial charge in [-0.1, -0.05) is 17.7 Å². The summed E-state index contributed by atoms with van der Waals surface area (Å²) in [7, 11) is 1.68. The van der Waals surface area contributed by atoms with Crippen molar-refractivity contribution in [2.24, 2.45) is 0 Å². The Morgan fingerprint density at radius 2 is 1.89 bits per heavy atom. The van der Waals surface area contributed by atoms with Crippen LogP contribution in [-0.2, 0) is 0 Å². The number of pyridine rings is 1. The predicted molar refractivity (Wildman–Crippen MR) is 72.6 cm³/mol. The van der Waals surface area contributed by atoms with Crippen LogP contribution < -0.4 is 10.6 Å². The number of amides is 1. The summed E-state index contributed by atoms with van der Waals surface area (Å²) in [5, 5.41) is 0. The highest BCUT2D eigenvalue weighted by Gasteiger charge is 2.14. The van der Waals surface area contributed by atoms with Crippen LogP contribution in [0.25, 0.3) is 0 Å². The van der Waals surface area contributed by atoms with Gasteiger partial charge in [-0.05, 0) is 25.1 Å². The van der Waals surface area contributed by atoms with Crippen molar-refractivity contribution in [3.05, 3.63) is 53.7 Å². The van der Waals surface area contributed by atoms with Gasteiger partial charge < -0.3 is 5.73 Å². The molecule has 18 heavy (non-hydrogen) atoms. The van der Waals surface area contributed by atoms with Crippen LogP contribution >= 0.6 is 0 Å². The quantitative estimate of drug-likeness (QED) is 0.877. The number of anilines is 2. The minimum atomic E-state index is -0.104. The first kappa shape index (κ1) is 12.1. The van der Waals surface area contributed by atoms with E-state index in [4.69, 9.17) is 5.73 Å². The molecule has 4 nitrogen and oxygen atoms in total. The van der Waals surface area contributed by atoms with E-state index in [1.165, 1.54) is 4.90 Å². The monoisotopic (exact) mass is 241 g/mol. The number of carbonyl (C=O) groups is 1. The third-order valence-corrected chi connectivity index (χ3v) is 2.72. The SMILES string of the molecule is Cc1ccc(C(=O)N(C)c2cc(N)ccn2)cc1. The highest BCUT2D eigenvalue weighted by atomic mass is 16.2. The van der Waals surface area contributed by atoms with E-state index in [1.807, 2.05) is 19.1 Å². The van der Waals surface area contributed by atoms with Crippen LogP contribution in [0.3, 0.4) is 0 Å². The molecule has 0 aliphatic heterocycles. The number of hydrogen-bond donors (Lipinski definition) is 1. The Bertz CT molecular complexity index is 564. The third kappa shape index (κ3) is 2.48. The van der Waals surface area contributed by atoms with E-state index in [2.05, 4.69) is 4.98 Å². The third-order valence-electron chi connectivity index (χ3n) is 2.72. The van der Waals surface area contributed by atoms with Gasteiger partial charge in [-0.15, -0.1) is 0 Å². The number of carbonyl (C=O) groups excluding carboxylic acids is 1. The fourth-order valence-electron chi connectivity index (χ4n) is 1.61. The fraction of sp³-hybridized carbons (Fsp3) is 0.143. The average Bonchev–Trinajstić information content (AvgIpc) is 2.38. The maximum absolute atomic E-state index is 12.2. The van der Waals surface area contributed by atoms with Crippen LogP contribution in [0.15, 0.2) is 42.6 Å². The first-order valence-corrected chi connectivity index (χ1v) is 5.64. The number of aromatic nitrogens is 1. The number of hydrogen-bond acceptors (Lipinski definition) is 3. The molecule has 4 heteroatoms. The molecule has 0 spiro atoms. The number of aryl methyl sites for hydroxylation is 1. The normalized spacial score (nSPS) is 10.1. The Labute approximate surface area is 106 Å². The van der Waals surface area contributed by atoms with Gasteiger partial charge in [0.15, 0.2) is 0 Å². The zero-order chi connectivity index (χ0) is 13.1. The van der Waals surface area contributed by atoms with Crippen molar-refractivity contribution in [3.8, 4) is 0 Å². The Morgan fingerprint density at radius 3 is 2.50 bits per heavy atom. The summed E-state index contributed by atoms with van der Waals surface area (Å²) in [5.74, 6) is 0.439. The van der Waals surface area contributed by atoms with Crippen molar-refractivity contribution >= 4 is 17.4 Å². The molecule has 1 aromatic carbocycles. The molecule has 0 radical (unpaired) electrons. The van der Waals surface area contributed by atoms with Crippen molar-refractivity contribution < 1.29 is 4.79 Å². The van der Waals surface area contributed by atoms with E-state index in [-0.39, 0.29) is 5.91 Å². The standard InChI is InChI=1S/C14H15N3O/c1-10-3-5-11(6-4-10)14(18)17(2)13-9-12(15)7-8-16-13/h3-9H,1-2H3,(H2,15,16). The van der Waals surface area contributed by atoms with Gasteiger partial charge in [0.1, 0.15) is 5.82 Å². The Balaban J connectivity index is 2.26. The van der Waals surface area contributed by atoms with Gasteiger partial charge in [0.05, 0.1) is 0 Å². The number of rotatable bonds is 2. The van der Waals surface area contributed by atoms with Crippen LogP contribution in [0.5, 0.6) is 0 Å². The smallest absolute Gasteiger partial charge is 0.259 e. The fourth-order valence-corrected chi connectivity index (χ4v) is 1.61. The van der Waals surface area contributed by atoms with Crippen molar-refractivity contribution in [1.29, 1.82) is 0 Å². The molecule has 92 valence electrons. The highest BCUT2D eigenvalue weighted by Crippen LogP contribution is 2.15. The van der Waals surface area contributed by atoms with E-state index in [0.29, 0.717) is 17.1 Å². The van der Waals surface area contributed by atoms with Gasteiger partial charge >= 0.3 is 0 Å². The summed E-state index contributed by atoms with van der Waals surface area (Å²) >= 11 is 0. The van der Waals surface area contributed by atoms with Crippen molar-refractivity contribution in [3.63, 3.8) is 0 Å². The molecule has 0 saturated heterocycles. The van der Waals surface area contributed by atoms with Gasteiger partial charge in [0.2, 0.25) is 0 Å². The Kier molecular flexibility index (Phi) is 3.28. The molecule has 0 aliphatic carbocycles. The van der Waals surface area contributed by atoms with Crippen LogP contribution in [0.2, 0.25) is 0 Å². The number of nitrogen functional groups attached to an aromatic ring is 1. The molecular weight excluding hydrogens is 226 g/mol. The first-order chi connectivity index (χ1) is 8.58. The minimum Gasteiger partial charge on any atom is -0.399 e. The summed E-state index contributed by atoms with van der Waals surface area (Å²) in [5.41, 5.74) is 8.02. The molecule has 0 atom stereocenters. The molecule has 1 heterocycles.